The first-order chi connectivity index (χ1) is 9.24. The molecule has 0 fully saturated rings. The molecule has 0 heterocycles. The Bertz CT molecular complexity index is 575. The monoisotopic (exact) mass is 319 g/mol. The third-order valence-electron chi connectivity index (χ3n) is 2.60. The molecule has 1 aromatic rings. The van der Waals surface area contributed by atoms with Crippen LogP contribution in [-0.2, 0) is 15.0 Å². The lowest BCUT2D eigenvalue weighted by Crippen LogP contribution is -2.41. The fourth-order valence-corrected chi connectivity index (χ4v) is 2.32. The van der Waals surface area contributed by atoms with Gasteiger partial charge in [-0.3, -0.25) is 4.79 Å². The van der Waals surface area contributed by atoms with Crippen LogP contribution in [0.3, 0.4) is 0 Å². The minimum Gasteiger partial charge on any atom is -0.311 e. The van der Waals surface area contributed by atoms with Crippen LogP contribution in [0.4, 0.5) is 5.69 Å². The van der Waals surface area contributed by atoms with Gasteiger partial charge >= 0.3 is 0 Å². The van der Waals surface area contributed by atoms with E-state index in [1.54, 1.807) is 24.3 Å². The lowest BCUT2D eigenvalue weighted by molar-refractivity contribution is -0.116. The molecule has 20 heavy (non-hydrogen) atoms. The molecule has 0 aromatic heterocycles. The van der Waals surface area contributed by atoms with Gasteiger partial charge < -0.3 is 4.90 Å². The number of nitrogens with zero attached hydrogens (tertiary/aromatic N) is 2. The standard InChI is InChI=1S/C12H18ClN3O3S/c1-10(17)16(12-6-4-5-11(13)9-12)8-7-14-20(18,19)15(2)3/h4-6,9,14H,7-8H2,1-3H3. The van der Waals surface area contributed by atoms with E-state index < -0.39 is 10.2 Å². The normalized spacial score (nSPS) is 11.7. The van der Waals surface area contributed by atoms with Gasteiger partial charge in [0.1, 0.15) is 0 Å². The van der Waals surface area contributed by atoms with E-state index in [1.807, 2.05) is 0 Å². The first-order valence-electron chi connectivity index (χ1n) is 5.95. The molecule has 0 aliphatic heterocycles. The Labute approximate surface area is 124 Å². The summed E-state index contributed by atoms with van der Waals surface area (Å²) in [6.07, 6.45) is 0. The smallest absolute Gasteiger partial charge is 0.278 e. The van der Waals surface area contributed by atoms with Gasteiger partial charge in [-0.25, -0.2) is 4.72 Å². The minimum atomic E-state index is -3.49. The van der Waals surface area contributed by atoms with Gasteiger partial charge in [-0.15, -0.1) is 0 Å². The van der Waals surface area contributed by atoms with Crippen molar-refractivity contribution in [1.82, 2.24) is 9.03 Å². The summed E-state index contributed by atoms with van der Waals surface area (Å²) in [7, 11) is -0.625. The van der Waals surface area contributed by atoms with E-state index in [2.05, 4.69) is 4.72 Å². The van der Waals surface area contributed by atoms with Crippen LogP contribution in [-0.4, -0.2) is 45.8 Å². The highest BCUT2D eigenvalue weighted by Crippen LogP contribution is 2.19. The van der Waals surface area contributed by atoms with E-state index in [4.69, 9.17) is 11.6 Å². The summed E-state index contributed by atoms with van der Waals surface area (Å²) in [5.74, 6) is -0.184. The molecule has 0 spiro atoms. The topological polar surface area (TPSA) is 69.7 Å². The number of benzene rings is 1. The second-order valence-corrected chi connectivity index (χ2v) is 6.74. The van der Waals surface area contributed by atoms with Gasteiger partial charge in [0.2, 0.25) is 5.91 Å². The van der Waals surface area contributed by atoms with Crippen molar-refractivity contribution in [2.75, 3.05) is 32.1 Å². The van der Waals surface area contributed by atoms with Gasteiger partial charge in [-0.2, -0.15) is 12.7 Å². The van der Waals surface area contributed by atoms with Crippen molar-refractivity contribution in [3.05, 3.63) is 29.3 Å². The van der Waals surface area contributed by atoms with Crippen molar-refractivity contribution in [3.8, 4) is 0 Å². The van der Waals surface area contributed by atoms with Crippen molar-refractivity contribution >= 4 is 33.4 Å². The van der Waals surface area contributed by atoms with Crippen LogP contribution in [0.2, 0.25) is 5.02 Å². The number of hydrogen-bond donors (Lipinski definition) is 1. The summed E-state index contributed by atoms with van der Waals surface area (Å²) >= 11 is 5.89. The number of nitrogens with one attached hydrogen (secondary N) is 1. The fourth-order valence-electron chi connectivity index (χ4n) is 1.53. The van der Waals surface area contributed by atoms with E-state index in [-0.39, 0.29) is 19.0 Å². The molecule has 0 radical (unpaired) electrons. The number of carbonyl (C=O) groups is 1. The molecule has 0 saturated carbocycles. The van der Waals surface area contributed by atoms with E-state index in [0.29, 0.717) is 10.7 Å². The molecular weight excluding hydrogens is 302 g/mol. The Kier molecular flexibility index (Phi) is 5.94. The zero-order valence-corrected chi connectivity index (χ0v) is 13.2. The summed E-state index contributed by atoms with van der Waals surface area (Å²) in [6, 6.07) is 6.84. The SMILES string of the molecule is CC(=O)N(CCNS(=O)(=O)N(C)C)c1cccc(Cl)c1. The summed E-state index contributed by atoms with van der Waals surface area (Å²) in [6.45, 7) is 1.76. The zero-order chi connectivity index (χ0) is 15.3. The maximum Gasteiger partial charge on any atom is 0.278 e. The van der Waals surface area contributed by atoms with Gasteiger partial charge in [0.25, 0.3) is 10.2 Å². The van der Waals surface area contributed by atoms with Crippen LogP contribution in [0.25, 0.3) is 0 Å². The van der Waals surface area contributed by atoms with Gasteiger partial charge in [-0.05, 0) is 18.2 Å². The first-order valence-corrected chi connectivity index (χ1v) is 7.76. The molecule has 8 heteroatoms. The highest BCUT2D eigenvalue weighted by atomic mass is 35.5. The van der Waals surface area contributed by atoms with Gasteiger partial charge in [0.05, 0.1) is 0 Å². The average Bonchev–Trinajstić information content (AvgIpc) is 2.33. The van der Waals surface area contributed by atoms with Gasteiger partial charge in [0, 0.05) is 44.8 Å². The maximum atomic E-state index is 11.6. The molecule has 1 amide bonds. The van der Waals surface area contributed by atoms with Crippen molar-refractivity contribution in [2.24, 2.45) is 0 Å². The first kappa shape index (κ1) is 16.9. The van der Waals surface area contributed by atoms with Crippen molar-refractivity contribution in [3.63, 3.8) is 0 Å². The van der Waals surface area contributed by atoms with Crippen LogP contribution >= 0.6 is 11.6 Å². The third kappa shape index (κ3) is 4.75. The minimum absolute atomic E-state index is 0.118. The molecule has 1 aromatic carbocycles. The van der Waals surface area contributed by atoms with E-state index in [0.717, 1.165) is 4.31 Å². The third-order valence-corrected chi connectivity index (χ3v) is 4.37. The molecule has 0 bridgehead atoms. The second kappa shape index (κ2) is 7.03. The molecule has 1 rings (SSSR count). The number of amides is 1. The van der Waals surface area contributed by atoms with Crippen LogP contribution in [0.15, 0.2) is 24.3 Å². The number of rotatable bonds is 6. The molecule has 0 aliphatic carbocycles. The summed E-state index contributed by atoms with van der Waals surface area (Å²) < 4.78 is 26.6. The largest absolute Gasteiger partial charge is 0.311 e. The van der Waals surface area contributed by atoms with Crippen LogP contribution in [0.5, 0.6) is 0 Å². The summed E-state index contributed by atoms with van der Waals surface area (Å²) in [5.41, 5.74) is 0.633. The molecule has 112 valence electrons. The maximum absolute atomic E-state index is 11.6. The fraction of sp³-hybridized carbons (Fsp3) is 0.417. The van der Waals surface area contributed by atoms with E-state index in [9.17, 15) is 13.2 Å². The van der Waals surface area contributed by atoms with Crippen molar-refractivity contribution in [2.45, 2.75) is 6.92 Å². The zero-order valence-electron chi connectivity index (χ0n) is 11.6. The molecular formula is C12H18ClN3O3S. The Morgan fingerprint density at radius 2 is 2.00 bits per heavy atom. The lowest BCUT2D eigenvalue weighted by Gasteiger charge is -2.22. The summed E-state index contributed by atoms with van der Waals surface area (Å²) in [4.78, 5) is 13.1. The predicted octanol–water partition coefficient (Wildman–Crippen LogP) is 1.09. The summed E-state index contributed by atoms with van der Waals surface area (Å²) in [5, 5.41) is 0.516. The van der Waals surface area contributed by atoms with Crippen LogP contribution in [0, 0.1) is 0 Å². The van der Waals surface area contributed by atoms with Crippen molar-refractivity contribution < 1.29 is 13.2 Å². The highest BCUT2D eigenvalue weighted by Gasteiger charge is 2.15. The molecule has 0 atom stereocenters. The molecule has 0 saturated heterocycles. The molecule has 0 aliphatic rings. The number of carbonyl (C=O) groups excluding carboxylic acids is 1. The Hall–Kier alpha value is -1.15. The molecule has 0 unspecified atom stereocenters. The number of halogens is 1. The second-order valence-electron chi connectivity index (χ2n) is 4.33. The quantitative estimate of drug-likeness (QED) is 0.853. The van der Waals surface area contributed by atoms with E-state index in [1.165, 1.54) is 25.9 Å². The molecule has 1 N–H and O–H groups in total. The Balaban J connectivity index is 2.73. The number of anilines is 1. The lowest BCUT2D eigenvalue weighted by atomic mass is 10.3. The van der Waals surface area contributed by atoms with Crippen LogP contribution < -0.4 is 9.62 Å². The molecule has 6 nitrogen and oxygen atoms in total. The van der Waals surface area contributed by atoms with Crippen LogP contribution in [0.1, 0.15) is 6.92 Å². The Morgan fingerprint density at radius 1 is 1.35 bits per heavy atom. The number of hydrogen-bond acceptors (Lipinski definition) is 3. The average molecular weight is 320 g/mol. The highest BCUT2D eigenvalue weighted by molar-refractivity contribution is 7.87. The predicted molar refractivity (Wildman–Crippen MR) is 80.1 cm³/mol. The van der Waals surface area contributed by atoms with Gasteiger partial charge in [-0.1, -0.05) is 17.7 Å². The van der Waals surface area contributed by atoms with E-state index >= 15 is 0 Å². The van der Waals surface area contributed by atoms with Gasteiger partial charge in [0.15, 0.2) is 0 Å². The Morgan fingerprint density at radius 3 is 2.50 bits per heavy atom. The van der Waals surface area contributed by atoms with Crippen molar-refractivity contribution in [1.29, 1.82) is 0 Å².